The van der Waals surface area contributed by atoms with Gasteiger partial charge in [0.15, 0.2) is 5.96 Å². The van der Waals surface area contributed by atoms with E-state index >= 15 is 0 Å². The number of hydrogen-bond acceptors (Lipinski definition) is 4. The molecular weight excluding hydrogens is 352 g/mol. The fourth-order valence-corrected chi connectivity index (χ4v) is 3.16. The van der Waals surface area contributed by atoms with Crippen molar-refractivity contribution < 1.29 is 4.79 Å². The molecule has 1 saturated heterocycles. The highest BCUT2D eigenvalue weighted by Gasteiger charge is 2.14. The Hall–Kier alpha value is -3.06. The second-order valence-electron chi connectivity index (χ2n) is 7.23. The number of allylic oxidation sites excluding steroid dienone is 3. The highest BCUT2D eigenvalue weighted by Crippen LogP contribution is 2.24. The number of nitrogens with zero attached hydrogens (tertiary/aromatic N) is 3. The minimum absolute atomic E-state index is 0.0100. The van der Waals surface area contributed by atoms with E-state index in [-0.39, 0.29) is 11.9 Å². The fraction of sp³-hybridized carbons (Fsp3) is 0.333. The lowest BCUT2D eigenvalue weighted by atomic mass is 10.0. The summed E-state index contributed by atoms with van der Waals surface area (Å²) in [4.78, 5) is 21.3. The third-order valence-electron chi connectivity index (χ3n) is 4.90. The van der Waals surface area contributed by atoms with E-state index in [1.54, 1.807) is 6.07 Å². The minimum Gasteiger partial charge on any atom is -0.375 e. The molecule has 1 fully saturated rings. The first-order chi connectivity index (χ1) is 13.4. The van der Waals surface area contributed by atoms with Crippen LogP contribution in [0.25, 0.3) is 0 Å². The molecule has 5 N–H and O–H groups in total. The van der Waals surface area contributed by atoms with Crippen molar-refractivity contribution >= 4 is 23.2 Å². The Balaban J connectivity index is 1.61. The molecule has 2 aliphatic rings. The molecule has 0 spiro atoms. The van der Waals surface area contributed by atoms with Gasteiger partial charge in [0.2, 0.25) is 0 Å². The van der Waals surface area contributed by atoms with Gasteiger partial charge in [-0.05, 0) is 49.7 Å². The summed E-state index contributed by atoms with van der Waals surface area (Å²) in [6, 6.07) is 5.48. The summed E-state index contributed by atoms with van der Waals surface area (Å²) in [6.07, 6.45) is 8.80. The Kier molecular flexibility index (Phi) is 6.16. The van der Waals surface area contributed by atoms with Gasteiger partial charge in [0.25, 0.3) is 5.91 Å². The normalized spacial score (nSPS) is 18.7. The van der Waals surface area contributed by atoms with Crippen LogP contribution in [0.15, 0.2) is 58.8 Å². The number of carbonyl (C=O) groups excluding carboxylic acids is 1. The van der Waals surface area contributed by atoms with Crippen molar-refractivity contribution in [2.24, 2.45) is 16.5 Å². The minimum atomic E-state index is -0.144. The molecule has 0 bridgehead atoms. The van der Waals surface area contributed by atoms with Crippen LogP contribution in [-0.4, -0.2) is 54.9 Å². The molecule has 3 rings (SSSR count). The Bertz CT molecular complexity index is 856. The zero-order chi connectivity index (χ0) is 20.1. The molecule has 1 aromatic carbocycles. The summed E-state index contributed by atoms with van der Waals surface area (Å²) >= 11 is 0. The first kappa shape index (κ1) is 19.7. The summed E-state index contributed by atoms with van der Waals surface area (Å²) in [7, 11) is 2.15. The largest absolute Gasteiger partial charge is 0.375 e. The van der Waals surface area contributed by atoms with Gasteiger partial charge in [0, 0.05) is 43.6 Å². The molecule has 7 heteroatoms. The number of aliphatic imine (C=N–C) groups is 1. The van der Waals surface area contributed by atoms with Crippen molar-refractivity contribution in [2.75, 3.05) is 38.5 Å². The molecule has 0 atom stereocenters. The number of carbonyl (C=O) groups is 1. The van der Waals surface area contributed by atoms with E-state index < -0.39 is 0 Å². The average molecular weight is 380 g/mol. The molecule has 148 valence electrons. The number of nitrogens with two attached hydrogens (primary N) is 2. The van der Waals surface area contributed by atoms with Crippen LogP contribution in [0.3, 0.4) is 0 Å². The highest BCUT2D eigenvalue weighted by molar-refractivity contribution is 6.06. The van der Waals surface area contributed by atoms with Gasteiger partial charge in [-0.15, -0.1) is 0 Å². The number of piperazine rings is 1. The molecule has 1 aliphatic heterocycles. The SMILES string of the molecule is Cc1ccc(NC(=O)C2=CCC(=CN3CCN(C)CC3)C=C2)cc1N=C(N)N. The highest BCUT2D eigenvalue weighted by atomic mass is 16.1. The van der Waals surface area contributed by atoms with Gasteiger partial charge in [0.1, 0.15) is 0 Å². The maximum atomic E-state index is 12.6. The van der Waals surface area contributed by atoms with Crippen LogP contribution in [0.2, 0.25) is 0 Å². The van der Waals surface area contributed by atoms with E-state index in [1.165, 1.54) is 5.57 Å². The van der Waals surface area contributed by atoms with Crippen LogP contribution >= 0.6 is 0 Å². The van der Waals surface area contributed by atoms with Gasteiger partial charge in [-0.3, -0.25) is 4.79 Å². The Morgan fingerprint density at radius 1 is 1.18 bits per heavy atom. The van der Waals surface area contributed by atoms with Crippen molar-refractivity contribution in [3.8, 4) is 0 Å². The van der Waals surface area contributed by atoms with Crippen LogP contribution in [0.5, 0.6) is 0 Å². The number of nitrogens with one attached hydrogen (secondary N) is 1. The molecule has 0 unspecified atom stereocenters. The molecule has 7 nitrogen and oxygen atoms in total. The summed E-state index contributed by atoms with van der Waals surface area (Å²) in [6.45, 7) is 6.14. The molecular formula is C21H28N6O. The van der Waals surface area contributed by atoms with E-state index in [0.29, 0.717) is 16.9 Å². The average Bonchev–Trinajstić information content (AvgIpc) is 2.66. The number of likely N-dealkylation sites (N-methyl/N-ethyl adjacent to an activating group) is 1. The Morgan fingerprint density at radius 2 is 1.93 bits per heavy atom. The van der Waals surface area contributed by atoms with Crippen LogP contribution in [0.4, 0.5) is 11.4 Å². The molecule has 0 radical (unpaired) electrons. The van der Waals surface area contributed by atoms with Crippen LogP contribution in [-0.2, 0) is 4.79 Å². The first-order valence-corrected chi connectivity index (χ1v) is 9.44. The number of rotatable bonds is 4. The standard InChI is InChI=1S/C21H28N6O/c1-15-3-8-18(13-19(15)25-21(22)23)24-20(28)17-6-4-16(5-7-17)14-27-11-9-26(2)10-12-27/h3-4,6-8,13-14H,5,9-12H2,1-2H3,(H,24,28)(H4,22,23,25). The zero-order valence-corrected chi connectivity index (χ0v) is 16.5. The van der Waals surface area contributed by atoms with Crippen LogP contribution in [0.1, 0.15) is 12.0 Å². The van der Waals surface area contributed by atoms with Gasteiger partial charge >= 0.3 is 0 Å². The lowest BCUT2D eigenvalue weighted by Crippen LogP contribution is -2.41. The van der Waals surface area contributed by atoms with Gasteiger partial charge in [-0.25, -0.2) is 4.99 Å². The molecule has 0 saturated carbocycles. The topological polar surface area (TPSA) is 100.0 Å². The second-order valence-corrected chi connectivity index (χ2v) is 7.23. The van der Waals surface area contributed by atoms with E-state index in [2.05, 4.69) is 33.4 Å². The summed E-state index contributed by atoms with van der Waals surface area (Å²) < 4.78 is 0. The van der Waals surface area contributed by atoms with Crippen molar-refractivity contribution in [2.45, 2.75) is 13.3 Å². The van der Waals surface area contributed by atoms with Gasteiger partial charge < -0.3 is 26.6 Å². The second kappa shape index (κ2) is 8.75. The Morgan fingerprint density at radius 3 is 2.57 bits per heavy atom. The third-order valence-corrected chi connectivity index (χ3v) is 4.90. The van der Waals surface area contributed by atoms with E-state index in [1.807, 2.05) is 37.3 Å². The summed E-state index contributed by atoms with van der Waals surface area (Å²) in [5, 5.41) is 2.91. The first-order valence-electron chi connectivity index (χ1n) is 9.44. The Labute approximate surface area is 166 Å². The van der Waals surface area contributed by atoms with Crippen molar-refractivity contribution in [3.63, 3.8) is 0 Å². The smallest absolute Gasteiger partial charge is 0.255 e. The number of anilines is 1. The number of guanidine groups is 1. The lowest BCUT2D eigenvalue weighted by molar-refractivity contribution is -0.112. The quantitative estimate of drug-likeness (QED) is 0.547. The molecule has 1 amide bonds. The molecule has 1 aliphatic carbocycles. The van der Waals surface area contributed by atoms with Crippen LogP contribution < -0.4 is 16.8 Å². The maximum absolute atomic E-state index is 12.6. The van der Waals surface area contributed by atoms with Crippen molar-refractivity contribution in [1.29, 1.82) is 0 Å². The van der Waals surface area contributed by atoms with Gasteiger partial charge in [0.05, 0.1) is 5.69 Å². The van der Waals surface area contributed by atoms with Crippen molar-refractivity contribution in [3.05, 3.63) is 59.3 Å². The number of benzene rings is 1. The maximum Gasteiger partial charge on any atom is 0.255 e. The molecule has 28 heavy (non-hydrogen) atoms. The van der Waals surface area contributed by atoms with Crippen molar-refractivity contribution in [1.82, 2.24) is 9.80 Å². The summed E-state index contributed by atoms with van der Waals surface area (Å²) in [5.74, 6) is -0.154. The van der Waals surface area contributed by atoms with Crippen LogP contribution in [0, 0.1) is 6.92 Å². The number of hydrogen-bond donors (Lipinski definition) is 3. The van der Waals surface area contributed by atoms with Gasteiger partial charge in [-0.1, -0.05) is 18.2 Å². The number of aryl methyl sites for hydroxylation is 1. The number of amides is 1. The molecule has 1 heterocycles. The monoisotopic (exact) mass is 380 g/mol. The molecule has 0 aromatic heterocycles. The third kappa shape index (κ3) is 5.23. The van der Waals surface area contributed by atoms with Gasteiger partial charge in [-0.2, -0.15) is 0 Å². The van der Waals surface area contributed by atoms with E-state index in [0.717, 1.165) is 38.2 Å². The zero-order valence-electron chi connectivity index (χ0n) is 16.5. The predicted octanol–water partition coefficient (Wildman–Crippen LogP) is 1.86. The summed E-state index contributed by atoms with van der Waals surface area (Å²) in [5.41, 5.74) is 15.0. The van der Waals surface area contributed by atoms with E-state index in [4.69, 9.17) is 11.5 Å². The fourth-order valence-electron chi connectivity index (χ4n) is 3.16. The predicted molar refractivity (Wildman–Crippen MR) is 114 cm³/mol. The van der Waals surface area contributed by atoms with E-state index in [9.17, 15) is 4.79 Å². The lowest BCUT2D eigenvalue weighted by Gasteiger charge is -2.32. The molecule has 1 aromatic rings.